The van der Waals surface area contributed by atoms with Gasteiger partial charge in [0.1, 0.15) is 0 Å². The summed E-state index contributed by atoms with van der Waals surface area (Å²) in [6.45, 7) is 8.56. The largest absolute Gasteiger partial charge is 0.481 e. The summed E-state index contributed by atoms with van der Waals surface area (Å²) in [7, 11) is 0. The predicted octanol–water partition coefficient (Wildman–Crippen LogP) is 4.21. The monoisotopic (exact) mass is 400 g/mol. The van der Waals surface area contributed by atoms with Crippen molar-refractivity contribution in [2.75, 3.05) is 0 Å². The maximum atomic E-state index is 12.9. The number of aliphatic carboxylic acids is 1. The molecule has 2 bridgehead atoms. The molecule has 0 unspecified atom stereocenters. The molecular weight excluding hydrogens is 368 g/mol. The Balaban J connectivity index is 1.67. The Bertz CT molecular complexity index is 842. The van der Waals surface area contributed by atoms with E-state index in [1.165, 1.54) is 5.57 Å². The lowest BCUT2D eigenvalue weighted by Gasteiger charge is -2.68. The number of carboxylic acid groups (broad SMARTS) is 1. The zero-order chi connectivity index (χ0) is 20.9. The van der Waals surface area contributed by atoms with Gasteiger partial charge in [-0.25, -0.2) is 0 Å². The molecule has 158 valence electrons. The molecule has 3 saturated carbocycles. The lowest BCUT2D eigenvalue weighted by atomic mass is 9.34. The van der Waals surface area contributed by atoms with Crippen LogP contribution >= 0.6 is 0 Å². The van der Waals surface area contributed by atoms with Crippen molar-refractivity contribution < 1.29 is 24.2 Å². The number of ether oxygens (including phenoxy) is 1. The Hall–Kier alpha value is -1.65. The van der Waals surface area contributed by atoms with Crippen molar-refractivity contribution in [2.45, 2.75) is 66.2 Å². The molecule has 0 aromatic carbocycles. The summed E-state index contributed by atoms with van der Waals surface area (Å²) < 4.78 is 5.20. The van der Waals surface area contributed by atoms with E-state index in [-0.39, 0.29) is 52.4 Å². The minimum atomic E-state index is -0.707. The van der Waals surface area contributed by atoms with Crippen LogP contribution in [0.2, 0.25) is 0 Å². The number of cyclic esters (lactones) is 2. The van der Waals surface area contributed by atoms with Gasteiger partial charge in [-0.2, -0.15) is 0 Å². The molecule has 1 aliphatic heterocycles. The van der Waals surface area contributed by atoms with E-state index in [9.17, 15) is 19.5 Å². The van der Waals surface area contributed by atoms with Gasteiger partial charge in [-0.3, -0.25) is 14.4 Å². The Labute approximate surface area is 172 Å². The van der Waals surface area contributed by atoms with Crippen molar-refractivity contribution in [3.05, 3.63) is 11.6 Å². The first-order valence-electron chi connectivity index (χ1n) is 11.3. The number of hydrogen-bond donors (Lipinski definition) is 1. The first-order valence-corrected chi connectivity index (χ1v) is 11.3. The molecule has 1 spiro atoms. The molecule has 6 rings (SSSR count). The van der Waals surface area contributed by atoms with Crippen molar-refractivity contribution >= 4 is 17.9 Å². The summed E-state index contributed by atoms with van der Waals surface area (Å²) >= 11 is 0. The zero-order valence-electron chi connectivity index (χ0n) is 17.9. The van der Waals surface area contributed by atoms with Gasteiger partial charge in [0.2, 0.25) is 0 Å². The van der Waals surface area contributed by atoms with Gasteiger partial charge < -0.3 is 9.84 Å². The van der Waals surface area contributed by atoms with Crippen LogP contribution in [0.15, 0.2) is 11.6 Å². The third kappa shape index (κ3) is 2.14. The van der Waals surface area contributed by atoms with Gasteiger partial charge in [-0.05, 0) is 68.1 Å². The van der Waals surface area contributed by atoms with Gasteiger partial charge in [-0.15, -0.1) is 0 Å². The molecule has 8 atom stereocenters. The Kier molecular flexibility index (Phi) is 3.82. The van der Waals surface area contributed by atoms with Crippen LogP contribution in [0.1, 0.15) is 66.2 Å². The second kappa shape index (κ2) is 5.73. The minimum absolute atomic E-state index is 0.0550. The predicted molar refractivity (Wildman–Crippen MR) is 105 cm³/mol. The number of esters is 2. The van der Waals surface area contributed by atoms with Crippen LogP contribution in [0, 0.1) is 51.8 Å². The van der Waals surface area contributed by atoms with Crippen LogP contribution in [0.5, 0.6) is 0 Å². The van der Waals surface area contributed by atoms with Crippen molar-refractivity contribution in [2.24, 2.45) is 51.8 Å². The van der Waals surface area contributed by atoms with Crippen LogP contribution in [-0.4, -0.2) is 23.0 Å². The van der Waals surface area contributed by atoms with E-state index in [0.29, 0.717) is 5.92 Å². The molecule has 6 aliphatic rings. The second-order valence-corrected chi connectivity index (χ2v) is 11.2. The quantitative estimate of drug-likeness (QED) is 0.427. The molecule has 4 fully saturated rings. The van der Waals surface area contributed by atoms with E-state index in [1.807, 2.05) is 6.92 Å². The standard InChI is InChI=1S/C24H32O5/c1-12(2)14-11-24-9-6-15-22(3,7-5-8-23(15,4)21(27)28)16(24)10-13(14)17-18(24)20(26)29-19(17)25/h11-13,15-18H,5-10H2,1-4H3,(H,27,28)/t13-,15-,16-,17-,18+,22+,23-,24-/m1/s1. The minimum Gasteiger partial charge on any atom is -0.481 e. The van der Waals surface area contributed by atoms with E-state index < -0.39 is 11.4 Å². The summed E-state index contributed by atoms with van der Waals surface area (Å²) in [5.74, 6) is -1.33. The van der Waals surface area contributed by atoms with Gasteiger partial charge >= 0.3 is 17.9 Å². The van der Waals surface area contributed by atoms with E-state index in [0.717, 1.165) is 38.5 Å². The van der Waals surface area contributed by atoms with Gasteiger partial charge in [0.15, 0.2) is 0 Å². The third-order valence-electron chi connectivity index (χ3n) is 9.89. The number of fused-ring (bicyclic) bond motifs is 1. The lowest BCUT2D eigenvalue weighted by Crippen LogP contribution is -2.65. The summed E-state index contributed by atoms with van der Waals surface area (Å²) in [6, 6.07) is 0. The molecule has 1 heterocycles. The summed E-state index contributed by atoms with van der Waals surface area (Å²) in [5.41, 5.74) is 0.122. The van der Waals surface area contributed by atoms with Crippen LogP contribution in [0.25, 0.3) is 0 Å². The highest BCUT2D eigenvalue weighted by molar-refractivity contribution is 5.98. The molecule has 29 heavy (non-hydrogen) atoms. The number of carboxylic acids is 1. The highest BCUT2D eigenvalue weighted by atomic mass is 16.6. The smallest absolute Gasteiger partial charge is 0.318 e. The van der Waals surface area contributed by atoms with Crippen LogP contribution < -0.4 is 0 Å². The zero-order valence-corrected chi connectivity index (χ0v) is 17.9. The number of rotatable bonds is 2. The van der Waals surface area contributed by atoms with E-state index >= 15 is 0 Å². The maximum Gasteiger partial charge on any atom is 0.318 e. The normalized spacial score (nSPS) is 50.5. The fourth-order valence-electron chi connectivity index (χ4n) is 8.76. The van der Waals surface area contributed by atoms with Crippen LogP contribution in [-0.2, 0) is 19.1 Å². The maximum absolute atomic E-state index is 12.9. The fraction of sp³-hybridized carbons (Fsp3) is 0.792. The van der Waals surface area contributed by atoms with Gasteiger partial charge in [0, 0.05) is 5.41 Å². The molecule has 5 heteroatoms. The SMILES string of the molecule is CC(C)C1=C[C@]23CC[C@@H]4[C@](C)(CCC[C@@]4(C)C(=O)O)[C@H]2C[C@H]1[C@H]1C(=O)OC(=O)[C@H]13. The van der Waals surface area contributed by atoms with Crippen LogP contribution in [0.3, 0.4) is 0 Å². The third-order valence-corrected chi connectivity index (χ3v) is 9.89. The first-order chi connectivity index (χ1) is 13.6. The summed E-state index contributed by atoms with van der Waals surface area (Å²) in [6.07, 6.45) is 7.48. The van der Waals surface area contributed by atoms with Gasteiger partial charge in [-0.1, -0.05) is 38.8 Å². The van der Waals surface area contributed by atoms with E-state index in [4.69, 9.17) is 4.74 Å². The molecule has 0 radical (unpaired) electrons. The van der Waals surface area contributed by atoms with Gasteiger partial charge in [0.25, 0.3) is 0 Å². The van der Waals surface area contributed by atoms with E-state index in [2.05, 4.69) is 26.8 Å². The Morgan fingerprint density at radius 1 is 1.14 bits per heavy atom. The number of allylic oxidation sites excluding steroid dienone is 2. The molecule has 1 N–H and O–H groups in total. The molecular formula is C24H32O5. The molecule has 5 nitrogen and oxygen atoms in total. The van der Waals surface area contributed by atoms with Crippen LogP contribution in [0.4, 0.5) is 0 Å². The second-order valence-electron chi connectivity index (χ2n) is 11.2. The molecule has 0 aromatic rings. The number of hydrogen-bond acceptors (Lipinski definition) is 4. The highest BCUT2D eigenvalue weighted by Gasteiger charge is 2.73. The van der Waals surface area contributed by atoms with Gasteiger partial charge in [0.05, 0.1) is 17.3 Å². The highest BCUT2D eigenvalue weighted by Crippen LogP contribution is 2.74. The molecule has 0 aromatic heterocycles. The summed E-state index contributed by atoms with van der Waals surface area (Å²) in [4.78, 5) is 37.8. The average molecular weight is 401 g/mol. The molecule has 1 saturated heterocycles. The van der Waals surface area contributed by atoms with Crippen molar-refractivity contribution in [1.29, 1.82) is 0 Å². The Morgan fingerprint density at radius 3 is 2.52 bits per heavy atom. The number of carbonyl (C=O) groups excluding carboxylic acids is 2. The molecule has 5 aliphatic carbocycles. The average Bonchev–Trinajstić information content (AvgIpc) is 2.97. The van der Waals surface area contributed by atoms with Crippen molar-refractivity contribution in [1.82, 2.24) is 0 Å². The molecule has 0 amide bonds. The van der Waals surface area contributed by atoms with Crippen molar-refractivity contribution in [3.8, 4) is 0 Å². The first kappa shape index (κ1) is 19.3. The van der Waals surface area contributed by atoms with E-state index in [1.54, 1.807) is 0 Å². The Morgan fingerprint density at radius 2 is 1.86 bits per heavy atom. The van der Waals surface area contributed by atoms with Crippen molar-refractivity contribution in [3.63, 3.8) is 0 Å². The number of carbonyl (C=O) groups is 3. The topological polar surface area (TPSA) is 80.7 Å². The fourth-order valence-corrected chi connectivity index (χ4v) is 8.76. The lowest BCUT2D eigenvalue weighted by molar-refractivity contribution is -0.195. The summed E-state index contributed by atoms with van der Waals surface area (Å²) in [5, 5.41) is 10.1.